The summed E-state index contributed by atoms with van der Waals surface area (Å²) in [6, 6.07) is 4.36. The first-order chi connectivity index (χ1) is 9.76. The van der Waals surface area contributed by atoms with E-state index in [9.17, 15) is 16.8 Å². The van der Waals surface area contributed by atoms with E-state index in [1.165, 1.54) is 16.4 Å². The third-order valence-electron chi connectivity index (χ3n) is 3.32. The maximum absolute atomic E-state index is 12.5. The Bertz CT molecular complexity index is 732. The SMILES string of the molecule is O=S1(=O)CCCN(S(=O)(=O)c2ccc(CCl)c(Cl)c2)CC1. The monoisotopic (exact) mass is 371 g/mol. The van der Waals surface area contributed by atoms with E-state index >= 15 is 0 Å². The number of hydrogen-bond acceptors (Lipinski definition) is 4. The smallest absolute Gasteiger partial charge is 0.229 e. The molecule has 1 aromatic carbocycles. The average molecular weight is 372 g/mol. The van der Waals surface area contributed by atoms with Gasteiger partial charge < -0.3 is 0 Å². The van der Waals surface area contributed by atoms with E-state index in [-0.39, 0.29) is 40.4 Å². The van der Waals surface area contributed by atoms with Gasteiger partial charge in [0.05, 0.1) is 16.4 Å². The van der Waals surface area contributed by atoms with Crippen LogP contribution in [0.4, 0.5) is 0 Å². The molecule has 1 saturated heterocycles. The van der Waals surface area contributed by atoms with Crippen LogP contribution in [0.5, 0.6) is 0 Å². The second-order valence-corrected chi connectivity index (χ2v) is 9.71. The molecule has 5 nitrogen and oxygen atoms in total. The summed E-state index contributed by atoms with van der Waals surface area (Å²) in [5, 5.41) is 0.286. The summed E-state index contributed by atoms with van der Waals surface area (Å²) in [5.41, 5.74) is 0.649. The van der Waals surface area contributed by atoms with Crippen molar-refractivity contribution in [2.45, 2.75) is 17.2 Å². The molecular weight excluding hydrogens is 357 g/mol. The van der Waals surface area contributed by atoms with Crippen molar-refractivity contribution >= 4 is 43.1 Å². The molecule has 0 aliphatic carbocycles. The van der Waals surface area contributed by atoms with E-state index in [0.717, 1.165) is 0 Å². The van der Waals surface area contributed by atoms with Crippen LogP contribution in [-0.2, 0) is 25.7 Å². The first kappa shape index (κ1) is 17.0. The van der Waals surface area contributed by atoms with Gasteiger partial charge in [0.2, 0.25) is 10.0 Å². The molecule has 0 unspecified atom stereocenters. The number of hydrogen-bond donors (Lipinski definition) is 0. The van der Waals surface area contributed by atoms with E-state index in [2.05, 4.69) is 0 Å². The molecule has 0 spiro atoms. The van der Waals surface area contributed by atoms with Crippen LogP contribution in [0.1, 0.15) is 12.0 Å². The highest BCUT2D eigenvalue weighted by Gasteiger charge is 2.29. The van der Waals surface area contributed by atoms with Gasteiger partial charge >= 0.3 is 0 Å². The molecule has 0 aromatic heterocycles. The quantitative estimate of drug-likeness (QED) is 0.760. The zero-order valence-corrected chi connectivity index (χ0v) is 14.3. The van der Waals surface area contributed by atoms with Gasteiger partial charge in [0.25, 0.3) is 0 Å². The van der Waals surface area contributed by atoms with Crippen LogP contribution in [0.15, 0.2) is 23.1 Å². The number of alkyl halides is 1. The molecule has 1 aliphatic heterocycles. The summed E-state index contributed by atoms with van der Waals surface area (Å²) in [7, 11) is -6.90. The van der Waals surface area contributed by atoms with Crippen molar-refractivity contribution in [1.82, 2.24) is 4.31 Å². The Hall–Kier alpha value is -0.340. The van der Waals surface area contributed by atoms with Crippen LogP contribution < -0.4 is 0 Å². The molecule has 1 aromatic rings. The minimum Gasteiger partial charge on any atom is -0.229 e. The van der Waals surface area contributed by atoms with E-state index in [1.54, 1.807) is 6.07 Å². The average Bonchev–Trinajstić information content (AvgIpc) is 2.60. The molecule has 2 rings (SSSR count). The van der Waals surface area contributed by atoms with Crippen LogP contribution >= 0.6 is 23.2 Å². The third kappa shape index (κ3) is 3.90. The van der Waals surface area contributed by atoms with Crippen LogP contribution in [0.25, 0.3) is 0 Å². The molecule has 0 N–H and O–H groups in total. The highest BCUT2D eigenvalue weighted by molar-refractivity contribution is 7.91. The van der Waals surface area contributed by atoms with E-state index in [4.69, 9.17) is 23.2 Å². The molecule has 0 bridgehead atoms. The van der Waals surface area contributed by atoms with Crippen molar-refractivity contribution in [3.8, 4) is 0 Å². The first-order valence-electron chi connectivity index (χ1n) is 6.31. The van der Waals surface area contributed by atoms with Crippen molar-refractivity contribution in [1.29, 1.82) is 0 Å². The number of sulfone groups is 1. The summed E-state index contributed by atoms with van der Waals surface area (Å²) >= 11 is 11.7. The molecule has 9 heteroatoms. The lowest BCUT2D eigenvalue weighted by Gasteiger charge is -2.19. The molecule has 0 atom stereocenters. The van der Waals surface area contributed by atoms with Gasteiger partial charge in [-0.3, -0.25) is 0 Å². The fraction of sp³-hybridized carbons (Fsp3) is 0.500. The highest BCUT2D eigenvalue weighted by atomic mass is 35.5. The maximum atomic E-state index is 12.5. The number of sulfonamides is 1. The van der Waals surface area contributed by atoms with Gasteiger partial charge in [-0.2, -0.15) is 4.31 Å². The Morgan fingerprint density at radius 3 is 2.52 bits per heavy atom. The Morgan fingerprint density at radius 1 is 1.19 bits per heavy atom. The molecule has 1 aliphatic rings. The molecule has 0 radical (unpaired) electrons. The molecule has 0 saturated carbocycles. The topological polar surface area (TPSA) is 71.5 Å². The van der Waals surface area contributed by atoms with Crippen LogP contribution in [0, 0.1) is 0 Å². The number of halogens is 2. The normalized spacial score (nSPS) is 20.1. The highest BCUT2D eigenvalue weighted by Crippen LogP contribution is 2.25. The van der Waals surface area contributed by atoms with Gasteiger partial charge in [0.15, 0.2) is 9.84 Å². The van der Waals surface area contributed by atoms with Gasteiger partial charge in [-0.15, -0.1) is 11.6 Å². The molecule has 118 valence electrons. The van der Waals surface area contributed by atoms with Crippen molar-refractivity contribution in [3.63, 3.8) is 0 Å². The fourth-order valence-electron chi connectivity index (χ4n) is 2.10. The van der Waals surface area contributed by atoms with Gasteiger partial charge in [0.1, 0.15) is 0 Å². The first-order valence-corrected chi connectivity index (χ1v) is 10.5. The lowest BCUT2D eigenvalue weighted by Crippen LogP contribution is -2.33. The summed E-state index contributed by atoms with van der Waals surface area (Å²) in [4.78, 5) is 0.0562. The lowest BCUT2D eigenvalue weighted by atomic mass is 10.2. The predicted molar refractivity (Wildman–Crippen MR) is 83.0 cm³/mol. The summed E-state index contributed by atoms with van der Waals surface area (Å²) in [6.45, 7) is 0.163. The predicted octanol–water partition coefficient (Wildman–Crippen LogP) is 1.89. The molecule has 1 fully saturated rings. The van der Waals surface area contributed by atoms with Crippen molar-refractivity contribution in [2.75, 3.05) is 24.6 Å². The van der Waals surface area contributed by atoms with Crippen LogP contribution in [-0.4, -0.2) is 45.7 Å². The van der Waals surface area contributed by atoms with Crippen molar-refractivity contribution in [2.24, 2.45) is 0 Å². The Balaban J connectivity index is 2.31. The zero-order valence-electron chi connectivity index (χ0n) is 11.1. The van der Waals surface area contributed by atoms with Gasteiger partial charge in [-0.25, -0.2) is 16.8 Å². The van der Waals surface area contributed by atoms with Gasteiger partial charge in [-0.05, 0) is 24.1 Å². The molecule has 1 heterocycles. The van der Waals surface area contributed by atoms with E-state index in [0.29, 0.717) is 12.0 Å². The van der Waals surface area contributed by atoms with Gasteiger partial charge in [-0.1, -0.05) is 17.7 Å². The standard InChI is InChI=1S/C12H15Cl2NO4S2/c13-9-10-2-3-11(8-12(10)14)21(18,19)15-4-1-6-20(16,17)7-5-15/h2-3,8H,1,4-7,9H2. The van der Waals surface area contributed by atoms with Crippen LogP contribution in [0.2, 0.25) is 5.02 Å². The number of rotatable bonds is 3. The summed E-state index contributed by atoms with van der Waals surface area (Å²) in [6.07, 6.45) is 0.301. The third-order valence-corrected chi connectivity index (χ3v) is 7.57. The lowest BCUT2D eigenvalue weighted by molar-refractivity contribution is 0.434. The summed E-state index contributed by atoms with van der Waals surface area (Å²) in [5.74, 6) is 0.0613. The van der Waals surface area contributed by atoms with Crippen LogP contribution in [0.3, 0.4) is 0 Å². The van der Waals surface area contributed by atoms with Crippen molar-refractivity contribution < 1.29 is 16.8 Å². The molecule has 21 heavy (non-hydrogen) atoms. The second kappa shape index (κ2) is 6.42. The maximum Gasteiger partial charge on any atom is 0.243 e. The fourth-order valence-corrected chi connectivity index (χ4v) is 5.61. The van der Waals surface area contributed by atoms with Gasteiger partial charge in [0, 0.05) is 24.0 Å². The van der Waals surface area contributed by atoms with E-state index in [1.807, 2.05) is 0 Å². The second-order valence-electron chi connectivity index (χ2n) is 4.80. The molecule has 0 amide bonds. The van der Waals surface area contributed by atoms with E-state index < -0.39 is 19.9 Å². The summed E-state index contributed by atoms with van der Waals surface area (Å²) < 4.78 is 49.4. The zero-order chi connectivity index (χ0) is 15.7. The minimum absolute atomic E-state index is 0.0188. The Kier molecular flexibility index (Phi) is 5.20. The largest absolute Gasteiger partial charge is 0.243 e. The number of nitrogens with zero attached hydrogens (tertiary/aromatic N) is 1. The Morgan fingerprint density at radius 2 is 1.90 bits per heavy atom. The number of benzene rings is 1. The van der Waals surface area contributed by atoms with Crippen molar-refractivity contribution in [3.05, 3.63) is 28.8 Å². The minimum atomic E-state index is -3.74. The Labute approximate surface area is 134 Å². The molecular formula is C12H15Cl2NO4S2.